The number of anilines is 1. The highest BCUT2D eigenvalue weighted by atomic mass is 16.5. The molecule has 30 heavy (non-hydrogen) atoms. The fourth-order valence-corrected chi connectivity index (χ4v) is 4.96. The Hall–Kier alpha value is -2.37. The van der Waals surface area contributed by atoms with Gasteiger partial charge in [-0.25, -0.2) is 5.01 Å². The van der Waals surface area contributed by atoms with Gasteiger partial charge in [0.2, 0.25) is 5.91 Å². The van der Waals surface area contributed by atoms with Gasteiger partial charge in [-0.15, -0.1) is 0 Å². The topological polar surface area (TPSA) is 44.8 Å². The molecule has 2 aliphatic rings. The van der Waals surface area contributed by atoms with E-state index in [1.54, 1.807) is 0 Å². The van der Waals surface area contributed by atoms with Crippen molar-refractivity contribution in [1.29, 1.82) is 0 Å². The van der Waals surface area contributed by atoms with E-state index in [2.05, 4.69) is 66.7 Å². The van der Waals surface area contributed by atoms with E-state index in [-0.39, 0.29) is 24.0 Å². The van der Waals surface area contributed by atoms with Gasteiger partial charge in [-0.05, 0) is 63.4 Å². The zero-order valence-electron chi connectivity index (χ0n) is 18.5. The van der Waals surface area contributed by atoms with Crippen LogP contribution in [-0.4, -0.2) is 37.7 Å². The standard InChI is InChI=1S/C25H33N3O2/c1-17(2)30-23-15-19-12-13-24(29)27(4)22(19)16-21(23)20-11-8-14-28(26-3)25(20)18-9-6-5-7-10-18/h5-7,9-10,15-17,20,25-26H,8,11-14H2,1-4H3/t20-,25+/m0/s1. The zero-order valence-corrected chi connectivity index (χ0v) is 18.5. The minimum atomic E-state index is 0.101. The quantitative estimate of drug-likeness (QED) is 0.796. The normalized spacial score (nSPS) is 22.3. The monoisotopic (exact) mass is 407 g/mol. The zero-order chi connectivity index (χ0) is 21.3. The molecule has 2 aromatic rings. The van der Waals surface area contributed by atoms with Crippen molar-refractivity contribution in [3.63, 3.8) is 0 Å². The second-order valence-corrected chi connectivity index (χ2v) is 8.66. The Kier molecular flexibility index (Phi) is 6.11. The number of hydrogen-bond donors (Lipinski definition) is 1. The Labute approximate surface area is 180 Å². The molecule has 5 nitrogen and oxygen atoms in total. The van der Waals surface area contributed by atoms with Gasteiger partial charge in [-0.2, -0.15) is 0 Å². The maximum Gasteiger partial charge on any atom is 0.227 e. The molecule has 2 atom stereocenters. The highest BCUT2D eigenvalue weighted by Gasteiger charge is 2.36. The number of benzene rings is 2. The maximum absolute atomic E-state index is 12.4. The molecular weight excluding hydrogens is 374 g/mol. The Morgan fingerprint density at radius 1 is 1.13 bits per heavy atom. The van der Waals surface area contributed by atoms with Crippen LogP contribution in [0, 0.1) is 0 Å². The lowest BCUT2D eigenvalue weighted by molar-refractivity contribution is -0.118. The molecule has 0 bridgehead atoms. The molecule has 2 aliphatic heterocycles. The summed E-state index contributed by atoms with van der Waals surface area (Å²) in [7, 11) is 3.89. The number of aryl methyl sites for hydroxylation is 1. The van der Waals surface area contributed by atoms with Crippen molar-refractivity contribution in [3.05, 3.63) is 59.2 Å². The fourth-order valence-electron chi connectivity index (χ4n) is 4.96. The average Bonchev–Trinajstić information content (AvgIpc) is 2.76. The smallest absolute Gasteiger partial charge is 0.227 e. The van der Waals surface area contributed by atoms with Crippen LogP contribution in [0.5, 0.6) is 5.75 Å². The van der Waals surface area contributed by atoms with Gasteiger partial charge in [0.15, 0.2) is 0 Å². The molecule has 0 spiro atoms. The van der Waals surface area contributed by atoms with Gasteiger partial charge in [0.1, 0.15) is 5.75 Å². The summed E-state index contributed by atoms with van der Waals surface area (Å²) in [6.07, 6.45) is 3.64. The number of fused-ring (bicyclic) bond motifs is 1. The van der Waals surface area contributed by atoms with E-state index in [0.29, 0.717) is 6.42 Å². The summed E-state index contributed by atoms with van der Waals surface area (Å²) < 4.78 is 6.34. The Morgan fingerprint density at radius 3 is 2.60 bits per heavy atom. The Balaban J connectivity index is 1.84. The van der Waals surface area contributed by atoms with Crippen molar-refractivity contribution >= 4 is 11.6 Å². The Bertz CT molecular complexity index is 897. The van der Waals surface area contributed by atoms with E-state index in [9.17, 15) is 4.79 Å². The lowest BCUT2D eigenvalue weighted by Gasteiger charge is -2.42. The summed E-state index contributed by atoms with van der Waals surface area (Å²) >= 11 is 0. The molecule has 1 N–H and O–H groups in total. The number of nitrogens with zero attached hydrogens (tertiary/aromatic N) is 2. The molecule has 0 unspecified atom stereocenters. The molecule has 2 aromatic carbocycles. The van der Waals surface area contributed by atoms with Crippen molar-refractivity contribution in [2.75, 3.05) is 25.5 Å². The molecule has 2 heterocycles. The SMILES string of the molecule is CNN1CCC[C@@H](c2cc3c(cc2OC(C)C)CCC(=O)N3C)[C@H]1c1ccccc1. The summed E-state index contributed by atoms with van der Waals surface area (Å²) in [4.78, 5) is 14.2. The summed E-state index contributed by atoms with van der Waals surface area (Å²) in [6.45, 7) is 5.17. The van der Waals surface area contributed by atoms with Crippen LogP contribution in [0.25, 0.3) is 0 Å². The number of amides is 1. The van der Waals surface area contributed by atoms with E-state index in [1.165, 1.54) is 16.7 Å². The third-order valence-electron chi connectivity index (χ3n) is 6.38. The third kappa shape index (κ3) is 3.96. The molecule has 0 saturated carbocycles. The molecular formula is C25H33N3O2. The average molecular weight is 408 g/mol. The molecule has 1 saturated heterocycles. The number of nitrogens with one attached hydrogen (secondary N) is 1. The number of hydrazine groups is 1. The molecule has 0 radical (unpaired) electrons. The third-order valence-corrected chi connectivity index (χ3v) is 6.38. The Morgan fingerprint density at radius 2 is 1.90 bits per heavy atom. The van der Waals surface area contributed by atoms with Crippen LogP contribution < -0.4 is 15.1 Å². The number of rotatable bonds is 5. The first-order valence-electron chi connectivity index (χ1n) is 11.1. The van der Waals surface area contributed by atoms with Crippen LogP contribution in [0.1, 0.15) is 61.8 Å². The van der Waals surface area contributed by atoms with E-state index < -0.39 is 0 Å². The van der Waals surface area contributed by atoms with Crippen LogP contribution in [0.4, 0.5) is 5.69 Å². The van der Waals surface area contributed by atoms with Gasteiger partial charge in [0, 0.05) is 37.2 Å². The van der Waals surface area contributed by atoms with E-state index >= 15 is 0 Å². The van der Waals surface area contributed by atoms with E-state index in [4.69, 9.17) is 4.74 Å². The first kappa shape index (κ1) is 20.9. The van der Waals surface area contributed by atoms with Crippen molar-refractivity contribution in [2.24, 2.45) is 0 Å². The van der Waals surface area contributed by atoms with Gasteiger partial charge in [0.25, 0.3) is 0 Å². The minimum absolute atomic E-state index is 0.101. The van der Waals surface area contributed by atoms with Crippen LogP contribution >= 0.6 is 0 Å². The van der Waals surface area contributed by atoms with Crippen molar-refractivity contribution < 1.29 is 9.53 Å². The number of piperidine rings is 1. The number of hydrogen-bond acceptors (Lipinski definition) is 4. The van der Waals surface area contributed by atoms with Gasteiger partial charge < -0.3 is 9.64 Å². The first-order valence-corrected chi connectivity index (χ1v) is 11.1. The van der Waals surface area contributed by atoms with E-state index in [0.717, 1.165) is 37.2 Å². The molecule has 0 aromatic heterocycles. The van der Waals surface area contributed by atoms with Gasteiger partial charge in [0.05, 0.1) is 12.1 Å². The largest absolute Gasteiger partial charge is 0.491 e. The lowest BCUT2D eigenvalue weighted by Crippen LogP contribution is -2.45. The highest BCUT2D eigenvalue weighted by molar-refractivity contribution is 5.96. The summed E-state index contributed by atoms with van der Waals surface area (Å²) in [5, 5.41) is 2.34. The van der Waals surface area contributed by atoms with Crippen LogP contribution in [0.15, 0.2) is 42.5 Å². The molecule has 0 aliphatic carbocycles. The van der Waals surface area contributed by atoms with Crippen molar-refractivity contribution in [1.82, 2.24) is 10.4 Å². The highest BCUT2D eigenvalue weighted by Crippen LogP contribution is 2.47. The molecule has 1 amide bonds. The minimum Gasteiger partial charge on any atom is -0.491 e. The van der Waals surface area contributed by atoms with Crippen molar-refractivity contribution in [3.8, 4) is 5.75 Å². The summed E-state index contributed by atoms with van der Waals surface area (Å²) in [5.41, 5.74) is 8.16. The summed E-state index contributed by atoms with van der Waals surface area (Å²) in [6, 6.07) is 15.3. The number of ether oxygens (including phenoxy) is 1. The molecule has 5 heteroatoms. The van der Waals surface area contributed by atoms with Gasteiger partial charge in [-0.1, -0.05) is 30.3 Å². The molecule has 4 rings (SSSR count). The maximum atomic E-state index is 12.4. The predicted octanol–water partition coefficient (Wildman–Crippen LogP) is 4.44. The predicted molar refractivity (Wildman–Crippen MR) is 121 cm³/mol. The molecule has 1 fully saturated rings. The molecule has 160 valence electrons. The fraction of sp³-hybridized carbons (Fsp3) is 0.480. The first-order chi connectivity index (χ1) is 14.5. The second-order valence-electron chi connectivity index (χ2n) is 8.66. The lowest BCUT2D eigenvalue weighted by atomic mass is 9.79. The van der Waals surface area contributed by atoms with Crippen LogP contribution in [-0.2, 0) is 11.2 Å². The van der Waals surface area contributed by atoms with Crippen LogP contribution in [0.2, 0.25) is 0 Å². The van der Waals surface area contributed by atoms with Gasteiger partial charge in [-0.3, -0.25) is 10.2 Å². The van der Waals surface area contributed by atoms with Crippen LogP contribution in [0.3, 0.4) is 0 Å². The summed E-state index contributed by atoms with van der Waals surface area (Å²) in [5.74, 6) is 1.43. The van der Waals surface area contributed by atoms with Gasteiger partial charge >= 0.3 is 0 Å². The second kappa shape index (κ2) is 8.78. The van der Waals surface area contributed by atoms with Crippen molar-refractivity contribution in [2.45, 2.75) is 57.6 Å². The number of carbonyl (C=O) groups is 1. The van der Waals surface area contributed by atoms with E-state index in [1.807, 2.05) is 19.0 Å². The number of carbonyl (C=O) groups excluding carboxylic acids is 1.